The zero-order chi connectivity index (χ0) is 13.0. The van der Waals surface area contributed by atoms with E-state index in [9.17, 15) is 0 Å². The van der Waals surface area contributed by atoms with Crippen LogP contribution in [0.5, 0.6) is 0 Å². The van der Waals surface area contributed by atoms with Crippen LogP contribution in [-0.2, 0) is 6.54 Å². The molecule has 0 amide bonds. The van der Waals surface area contributed by atoms with Gasteiger partial charge in [-0.1, -0.05) is 52.7 Å². The minimum Gasteiger partial charge on any atom is -0.243 e. The number of unbranched alkanes of at least 4 members (excludes halogenated alkanes) is 1. The first-order chi connectivity index (χ1) is 8.77. The normalized spacial score (nSPS) is 10.3. The molecule has 0 spiro atoms. The van der Waals surface area contributed by atoms with Crippen LogP contribution in [0, 0.1) is 11.3 Å². The Kier molecular flexibility index (Phi) is 4.11. The molecule has 1 aromatic heterocycles. The van der Waals surface area contributed by atoms with Crippen LogP contribution in [0.3, 0.4) is 0 Å². The highest BCUT2D eigenvalue weighted by molar-refractivity contribution is 9.10. The van der Waals surface area contributed by atoms with Crippen molar-refractivity contribution in [1.82, 2.24) is 15.0 Å². The maximum absolute atomic E-state index is 9.13. The van der Waals surface area contributed by atoms with Crippen LogP contribution in [0.1, 0.15) is 25.5 Å². The Hall–Kier alpha value is -1.67. The van der Waals surface area contributed by atoms with E-state index in [1.54, 1.807) is 0 Å². The molecule has 2 aromatic rings. The number of hydrogen-bond donors (Lipinski definition) is 0. The summed E-state index contributed by atoms with van der Waals surface area (Å²) in [6, 6.07) is 9.91. The van der Waals surface area contributed by atoms with Crippen LogP contribution in [0.2, 0.25) is 0 Å². The zero-order valence-corrected chi connectivity index (χ0v) is 11.7. The molecule has 18 heavy (non-hydrogen) atoms. The molecule has 0 bridgehead atoms. The van der Waals surface area contributed by atoms with Gasteiger partial charge in [0, 0.05) is 16.6 Å². The van der Waals surface area contributed by atoms with Gasteiger partial charge in [-0.05, 0) is 12.5 Å². The topological polar surface area (TPSA) is 54.5 Å². The first kappa shape index (κ1) is 12.8. The molecular weight excluding hydrogens is 292 g/mol. The highest BCUT2D eigenvalue weighted by atomic mass is 79.9. The van der Waals surface area contributed by atoms with E-state index in [2.05, 4.69) is 39.2 Å². The van der Waals surface area contributed by atoms with Crippen molar-refractivity contribution in [3.63, 3.8) is 0 Å². The summed E-state index contributed by atoms with van der Waals surface area (Å²) in [7, 11) is 0. The molecule has 0 unspecified atom stereocenters. The summed E-state index contributed by atoms with van der Waals surface area (Å²) in [4.78, 5) is 0. The molecule has 2 rings (SSSR count). The molecule has 0 radical (unpaired) electrons. The van der Waals surface area contributed by atoms with E-state index in [0.717, 1.165) is 35.1 Å². The molecule has 0 atom stereocenters. The summed E-state index contributed by atoms with van der Waals surface area (Å²) >= 11 is 3.51. The van der Waals surface area contributed by atoms with Gasteiger partial charge in [-0.15, -0.1) is 5.10 Å². The van der Waals surface area contributed by atoms with Crippen molar-refractivity contribution in [3.05, 3.63) is 34.4 Å². The molecule has 92 valence electrons. The molecule has 1 heterocycles. The van der Waals surface area contributed by atoms with Gasteiger partial charge >= 0.3 is 0 Å². The SMILES string of the molecule is CCCCn1nnc(C#N)c1-c1ccccc1Br. The number of nitrogens with zero attached hydrogens (tertiary/aromatic N) is 4. The van der Waals surface area contributed by atoms with Crippen LogP contribution in [0.15, 0.2) is 28.7 Å². The summed E-state index contributed by atoms with van der Waals surface area (Å²) in [5.74, 6) is 0. The fourth-order valence-electron chi connectivity index (χ4n) is 1.77. The molecule has 0 saturated carbocycles. The highest BCUT2D eigenvalue weighted by Gasteiger charge is 2.16. The lowest BCUT2D eigenvalue weighted by Crippen LogP contribution is -2.03. The first-order valence-electron chi connectivity index (χ1n) is 5.86. The molecule has 0 aliphatic carbocycles. The predicted molar refractivity (Wildman–Crippen MR) is 72.8 cm³/mol. The predicted octanol–water partition coefficient (Wildman–Crippen LogP) is 3.38. The second-order valence-corrected chi connectivity index (χ2v) is 4.81. The number of aryl methyl sites for hydroxylation is 1. The number of rotatable bonds is 4. The van der Waals surface area contributed by atoms with E-state index in [-0.39, 0.29) is 0 Å². The largest absolute Gasteiger partial charge is 0.243 e. The van der Waals surface area contributed by atoms with Crippen LogP contribution in [0.25, 0.3) is 11.3 Å². The smallest absolute Gasteiger partial charge is 0.190 e. The Morgan fingerprint density at radius 3 is 2.83 bits per heavy atom. The lowest BCUT2D eigenvalue weighted by Gasteiger charge is -2.07. The van der Waals surface area contributed by atoms with Crippen LogP contribution in [0.4, 0.5) is 0 Å². The lowest BCUT2D eigenvalue weighted by atomic mass is 10.1. The van der Waals surface area contributed by atoms with Gasteiger partial charge in [0.1, 0.15) is 11.8 Å². The third kappa shape index (κ3) is 2.44. The summed E-state index contributed by atoms with van der Waals surface area (Å²) in [5.41, 5.74) is 2.12. The van der Waals surface area contributed by atoms with Gasteiger partial charge in [0.15, 0.2) is 5.69 Å². The second-order valence-electron chi connectivity index (χ2n) is 3.96. The van der Waals surface area contributed by atoms with Crippen molar-refractivity contribution in [2.45, 2.75) is 26.3 Å². The van der Waals surface area contributed by atoms with Crippen LogP contribution < -0.4 is 0 Å². The zero-order valence-electron chi connectivity index (χ0n) is 10.1. The maximum atomic E-state index is 9.13. The van der Waals surface area contributed by atoms with Crippen LogP contribution >= 0.6 is 15.9 Å². The molecule has 0 saturated heterocycles. The summed E-state index contributed by atoms with van der Waals surface area (Å²) in [5, 5.41) is 17.1. The van der Waals surface area contributed by atoms with Crippen LogP contribution in [-0.4, -0.2) is 15.0 Å². The fourth-order valence-corrected chi connectivity index (χ4v) is 2.25. The lowest BCUT2D eigenvalue weighted by molar-refractivity contribution is 0.557. The summed E-state index contributed by atoms with van der Waals surface area (Å²) in [6.07, 6.45) is 2.10. The van der Waals surface area contributed by atoms with Gasteiger partial charge in [-0.25, -0.2) is 4.68 Å². The van der Waals surface area contributed by atoms with E-state index in [0.29, 0.717) is 5.69 Å². The molecule has 1 aromatic carbocycles. The van der Waals surface area contributed by atoms with E-state index in [1.807, 2.05) is 28.9 Å². The minimum atomic E-state index is 0.373. The molecular formula is C13H13BrN4. The highest BCUT2D eigenvalue weighted by Crippen LogP contribution is 2.29. The van der Waals surface area contributed by atoms with Gasteiger partial charge in [-0.2, -0.15) is 5.26 Å². The molecule has 0 N–H and O–H groups in total. The Bertz CT molecular complexity index is 583. The van der Waals surface area contributed by atoms with Crippen molar-refractivity contribution < 1.29 is 0 Å². The van der Waals surface area contributed by atoms with Crippen molar-refractivity contribution in [2.24, 2.45) is 0 Å². The molecule has 5 heteroatoms. The van der Waals surface area contributed by atoms with Gasteiger partial charge in [-0.3, -0.25) is 0 Å². The van der Waals surface area contributed by atoms with Gasteiger partial charge in [0.05, 0.1) is 0 Å². The molecule has 0 aliphatic heterocycles. The van der Waals surface area contributed by atoms with Crippen molar-refractivity contribution >= 4 is 15.9 Å². The molecule has 0 aliphatic rings. The number of benzene rings is 1. The monoisotopic (exact) mass is 304 g/mol. The van der Waals surface area contributed by atoms with Crippen molar-refractivity contribution in [3.8, 4) is 17.3 Å². The van der Waals surface area contributed by atoms with Crippen molar-refractivity contribution in [1.29, 1.82) is 5.26 Å². The van der Waals surface area contributed by atoms with E-state index < -0.39 is 0 Å². The first-order valence-corrected chi connectivity index (χ1v) is 6.65. The molecule has 0 fully saturated rings. The number of nitriles is 1. The Balaban J connectivity index is 2.51. The second kappa shape index (κ2) is 5.78. The van der Waals surface area contributed by atoms with Crippen molar-refractivity contribution in [2.75, 3.05) is 0 Å². The van der Waals surface area contributed by atoms with E-state index in [4.69, 9.17) is 5.26 Å². The number of hydrogen-bond acceptors (Lipinski definition) is 3. The van der Waals surface area contributed by atoms with Gasteiger partial charge < -0.3 is 0 Å². The Morgan fingerprint density at radius 2 is 2.17 bits per heavy atom. The third-order valence-electron chi connectivity index (χ3n) is 2.69. The standard InChI is InChI=1S/C13H13BrN4/c1-2-3-8-18-13(12(9-15)16-17-18)10-6-4-5-7-11(10)14/h4-7H,2-3,8H2,1H3. The third-order valence-corrected chi connectivity index (χ3v) is 3.38. The summed E-state index contributed by atoms with van der Waals surface area (Å²) < 4.78 is 2.75. The molecule has 4 nitrogen and oxygen atoms in total. The minimum absolute atomic E-state index is 0.373. The fraction of sp³-hybridized carbons (Fsp3) is 0.308. The Labute approximate surface area is 114 Å². The maximum Gasteiger partial charge on any atom is 0.190 e. The van der Waals surface area contributed by atoms with E-state index >= 15 is 0 Å². The quantitative estimate of drug-likeness (QED) is 0.870. The van der Waals surface area contributed by atoms with E-state index in [1.165, 1.54) is 0 Å². The van der Waals surface area contributed by atoms with Gasteiger partial charge in [0.25, 0.3) is 0 Å². The number of aromatic nitrogens is 3. The average molecular weight is 305 g/mol. The van der Waals surface area contributed by atoms with Gasteiger partial charge in [0.2, 0.25) is 0 Å². The average Bonchev–Trinajstić information content (AvgIpc) is 2.79. The Morgan fingerprint density at radius 1 is 1.39 bits per heavy atom. The summed E-state index contributed by atoms with van der Waals surface area (Å²) in [6.45, 7) is 2.90. The number of halogens is 1.